The Balaban J connectivity index is 1.84. The highest BCUT2D eigenvalue weighted by Gasteiger charge is 2.20. The van der Waals surface area contributed by atoms with Gasteiger partial charge in [0.1, 0.15) is 0 Å². The number of hydrogen-bond donors (Lipinski definition) is 1. The fourth-order valence-electron chi connectivity index (χ4n) is 2.96. The summed E-state index contributed by atoms with van der Waals surface area (Å²) >= 11 is 0. The van der Waals surface area contributed by atoms with Gasteiger partial charge in [-0.2, -0.15) is 0 Å². The molecule has 0 atom stereocenters. The molecule has 1 saturated carbocycles. The lowest BCUT2D eigenvalue weighted by Crippen LogP contribution is -2.39. The number of rotatable bonds is 7. The van der Waals surface area contributed by atoms with Crippen LogP contribution in [0.4, 0.5) is 0 Å². The first-order valence-corrected chi connectivity index (χ1v) is 8.80. The molecule has 1 aliphatic carbocycles. The van der Waals surface area contributed by atoms with Gasteiger partial charge in [-0.15, -0.1) is 0 Å². The van der Waals surface area contributed by atoms with E-state index < -0.39 is 5.97 Å². The molecule has 1 N–H and O–H groups in total. The third kappa shape index (κ3) is 5.66. The quantitative estimate of drug-likeness (QED) is 0.766. The number of carbonyl (C=O) groups is 2. The summed E-state index contributed by atoms with van der Waals surface area (Å²) in [6.07, 6.45) is 4.21. The van der Waals surface area contributed by atoms with Gasteiger partial charge in [0.2, 0.25) is 0 Å². The van der Waals surface area contributed by atoms with E-state index in [1.54, 1.807) is 18.2 Å². The van der Waals surface area contributed by atoms with Crippen molar-refractivity contribution in [1.82, 2.24) is 5.32 Å². The van der Waals surface area contributed by atoms with Crippen molar-refractivity contribution in [2.45, 2.75) is 45.6 Å². The molecule has 0 saturated heterocycles. The van der Waals surface area contributed by atoms with Crippen molar-refractivity contribution in [3.05, 3.63) is 23.8 Å². The van der Waals surface area contributed by atoms with Crippen molar-refractivity contribution >= 4 is 11.9 Å². The van der Waals surface area contributed by atoms with Gasteiger partial charge in [0.15, 0.2) is 18.1 Å². The van der Waals surface area contributed by atoms with Crippen LogP contribution in [0, 0.1) is 5.92 Å². The van der Waals surface area contributed by atoms with E-state index in [-0.39, 0.29) is 18.6 Å². The van der Waals surface area contributed by atoms with E-state index in [1.807, 2.05) is 6.92 Å². The maximum atomic E-state index is 12.1. The van der Waals surface area contributed by atoms with Crippen molar-refractivity contribution in [2.24, 2.45) is 5.92 Å². The van der Waals surface area contributed by atoms with E-state index in [2.05, 4.69) is 12.2 Å². The SMILES string of the molecule is CCOc1ccc(C(=O)OCC(=O)NC2CCC(C)CC2)cc1OC. The molecule has 2 rings (SSSR count). The van der Waals surface area contributed by atoms with Crippen molar-refractivity contribution in [3.8, 4) is 11.5 Å². The van der Waals surface area contributed by atoms with Crippen LogP contribution in [0.2, 0.25) is 0 Å². The van der Waals surface area contributed by atoms with Gasteiger partial charge >= 0.3 is 5.97 Å². The highest BCUT2D eigenvalue weighted by Crippen LogP contribution is 2.28. The molecular formula is C19H27NO5. The molecule has 0 aliphatic heterocycles. The van der Waals surface area contributed by atoms with E-state index in [0.717, 1.165) is 31.6 Å². The van der Waals surface area contributed by atoms with Crippen LogP contribution >= 0.6 is 0 Å². The van der Waals surface area contributed by atoms with Crippen LogP contribution in [0.15, 0.2) is 18.2 Å². The summed E-state index contributed by atoms with van der Waals surface area (Å²) in [5.74, 6) is 0.920. The van der Waals surface area contributed by atoms with Crippen LogP contribution < -0.4 is 14.8 Å². The van der Waals surface area contributed by atoms with E-state index in [9.17, 15) is 9.59 Å². The fourth-order valence-corrected chi connectivity index (χ4v) is 2.96. The van der Waals surface area contributed by atoms with Crippen LogP contribution in [0.1, 0.15) is 49.9 Å². The summed E-state index contributed by atoms with van der Waals surface area (Å²) in [4.78, 5) is 24.1. The lowest BCUT2D eigenvalue weighted by Gasteiger charge is -2.26. The van der Waals surface area contributed by atoms with E-state index in [4.69, 9.17) is 14.2 Å². The lowest BCUT2D eigenvalue weighted by atomic mass is 9.87. The largest absolute Gasteiger partial charge is 0.493 e. The Labute approximate surface area is 148 Å². The van der Waals surface area contributed by atoms with Crippen LogP contribution in [-0.4, -0.2) is 38.2 Å². The maximum Gasteiger partial charge on any atom is 0.338 e. The first kappa shape index (κ1) is 19.1. The van der Waals surface area contributed by atoms with Gasteiger partial charge in [0, 0.05) is 6.04 Å². The number of esters is 1. The first-order valence-electron chi connectivity index (χ1n) is 8.80. The monoisotopic (exact) mass is 349 g/mol. The van der Waals surface area contributed by atoms with Gasteiger partial charge in [-0.1, -0.05) is 6.92 Å². The van der Waals surface area contributed by atoms with Crippen molar-refractivity contribution in [3.63, 3.8) is 0 Å². The molecule has 1 aliphatic rings. The number of nitrogens with one attached hydrogen (secondary N) is 1. The van der Waals surface area contributed by atoms with Gasteiger partial charge in [0.25, 0.3) is 5.91 Å². The zero-order chi connectivity index (χ0) is 18.2. The lowest BCUT2D eigenvalue weighted by molar-refractivity contribution is -0.125. The predicted octanol–water partition coefficient (Wildman–Crippen LogP) is 2.95. The third-order valence-corrected chi connectivity index (χ3v) is 4.41. The summed E-state index contributed by atoms with van der Waals surface area (Å²) in [5.41, 5.74) is 0.319. The molecule has 1 amide bonds. The number of methoxy groups -OCH3 is 1. The number of benzene rings is 1. The predicted molar refractivity (Wildman–Crippen MR) is 94.0 cm³/mol. The topological polar surface area (TPSA) is 73.9 Å². The smallest absolute Gasteiger partial charge is 0.338 e. The standard InChI is InChI=1S/C19H27NO5/c1-4-24-16-10-7-14(11-17(16)23-3)19(22)25-12-18(21)20-15-8-5-13(2)6-9-15/h7,10-11,13,15H,4-6,8-9,12H2,1-3H3,(H,20,21). The fraction of sp³-hybridized carbons (Fsp3) is 0.579. The summed E-state index contributed by atoms with van der Waals surface area (Å²) < 4.78 is 15.7. The van der Waals surface area contributed by atoms with Crippen molar-refractivity contribution in [1.29, 1.82) is 0 Å². The highest BCUT2D eigenvalue weighted by atomic mass is 16.5. The molecule has 0 aromatic heterocycles. The van der Waals surface area contributed by atoms with Crippen molar-refractivity contribution < 1.29 is 23.8 Å². The van der Waals surface area contributed by atoms with Gasteiger partial charge in [-0.3, -0.25) is 4.79 Å². The first-order chi connectivity index (χ1) is 12.0. The van der Waals surface area contributed by atoms with E-state index in [0.29, 0.717) is 23.7 Å². The minimum Gasteiger partial charge on any atom is -0.493 e. The van der Waals surface area contributed by atoms with Gasteiger partial charge in [0.05, 0.1) is 19.3 Å². The van der Waals surface area contributed by atoms with Gasteiger partial charge in [-0.05, 0) is 56.7 Å². The number of ether oxygens (including phenoxy) is 3. The Morgan fingerprint density at radius 2 is 1.88 bits per heavy atom. The normalized spacial score (nSPS) is 19.8. The Kier molecular flexibility index (Phi) is 7.10. The second-order valence-electron chi connectivity index (χ2n) is 6.40. The van der Waals surface area contributed by atoms with Crippen molar-refractivity contribution in [2.75, 3.05) is 20.3 Å². The van der Waals surface area contributed by atoms with E-state index in [1.165, 1.54) is 7.11 Å². The Morgan fingerprint density at radius 3 is 2.52 bits per heavy atom. The molecule has 0 unspecified atom stereocenters. The van der Waals surface area contributed by atoms with Gasteiger partial charge in [-0.25, -0.2) is 4.79 Å². The Morgan fingerprint density at radius 1 is 1.16 bits per heavy atom. The van der Waals surface area contributed by atoms with Crippen LogP contribution in [-0.2, 0) is 9.53 Å². The summed E-state index contributed by atoms with van der Waals surface area (Å²) in [6, 6.07) is 4.99. The molecule has 138 valence electrons. The molecule has 0 heterocycles. The molecule has 1 fully saturated rings. The van der Waals surface area contributed by atoms with Gasteiger partial charge < -0.3 is 19.5 Å². The third-order valence-electron chi connectivity index (χ3n) is 4.41. The molecule has 6 heteroatoms. The Bertz CT molecular complexity index is 593. The number of amides is 1. The second kappa shape index (κ2) is 9.30. The molecule has 0 bridgehead atoms. The van der Waals surface area contributed by atoms with Crippen LogP contribution in [0.5, 0.6) is 11.5 Å². The summed E-state index contributed by atoms with van der Waals surface area (Å²) in [7, 11) is 1.51. The highest BCUT2D eigenvalue weighted by molar-refractivity contribution is 5.92. The average Bonchev–Trinajstić information content (AvgIpc) is 2.62. The molecule has 0 radical (unpaired) electrons. The zero-order valence-corrected chi connectivity index (χ0v) is 15.2. The van der Waals surface area contributed by atoms with Crippen LogP contribution in [0.25, 0.3) is 0 Å². The average molecular weight is 349 g/mol. The molecule has 6 nitrogen and oxygen atoms in total. The summed E-state index contributed by atoms with van der Waals surface area (Å²) in [6.45, 7) is 4.32. The van der Waals surface area contributed by atoms with Crippen LogP contribution in [0.3, 0.4) is 0 Å². The summed E-state index contributed by atoms with van der Waals surface area (Å²) in [5, 5.41) is 2.93. The molecule has 1 aromatic rings. The molecular weight excluding hydrogens is 322 g/mol. The maximum absolute atomic E-state index is 12.1. The Hall–Kier alpha value is -2.24. The van der Waals surface area contributed by atoms with E-state index >= 15 is 0 Å². The minimum absolute atomic E-state index is 0.188. The zero-order valence-electron chi connectivity index (χ0n) is 15.2. The molecule has 25 heavy (non-hydrogen) atoms. The minimum atomic E-state index is -0.561. The molecule has 1 aromatic carbocycles. The molecule has 0 spiro atoms. The number of hydrogen-bond acceptors (Lipinski definition) is 5. The number of carbonyl (C=O) groups excluding carboxylic acids is 2. The second-order valence-corrected chi connectivity index (χ2v) is 6.40.